The van der Waals surface area contributed by atoms with Gasteiger partial charge in [-0.25, -0.2) is 38.7 Å². The molecule has 0 amide bonds. The Bertz CT molecular complexity index is 2430. The van der Waals surface area contributed by atoms with E-state index in [4.69, 9.17) is 17.3 Å². The van der Waals surface area contributed by atoms with Crippen molar-refractivity contribution in [1.82, 2.24) is 9.97 Å². The van der Waals surface area contributed by atoms with Crippen LogP contribution in [0.5, 0.6) is 0 Å². The molecule has 0 bridgehead atoms. The van der Waals surface area contributed by atoms with Gasteiger partial charge in [-0.15, -0.1) is 5.11 Å². The first-order valence-electron chi connectivity index (χ1n) is 11.2. The topological polar surface area (TPSA) is 317 Å². The van der Waals surface area contributed by atoms with Gasteiger partial charge < -0.3 is 29.3 Å². The molecule has 28 heteroatoms. The van der Waals surface area contributed by atoms with Crippen LogP contribution in [0.2, 0.25) is 5.02 Å². The van der Waals surface area contributed by atoms with Crippen molar-refractivity contribution in [1.29, 1.82) is 0 Å². The number of benzene rings is 3. The van der Waals surface area contributed by atoms with Crippen LogP contribution in [0.25, 0.3) is 10.8 Å². The number of halogens is 2. The summed E-state index contributed by atoms with van der Waals surface area (Å²) in [7, 11) is -22.0. The molecule has 4 aromatic rings. The summed E-state index contributed by atoms with van der Waals surface area (Å²) >= 11 is 6.09. The van der Waals surface area contributed by atoms with Crippen LogP contribution in [0.1, 0.15) is 5.69 Å². The molecule has 3 aromatic carbocycles. The Morgan fingerprint density at radius 2 is 1.24 bits per heavy atom. The van der Waals surface area contributed by atoms with E-state index >= 15 is 0 Å². The van der Waals surface area contributed by atoms with E-state index in [9.17, 15) is 56.3 Å². The fourth-order valence-corrected chi connectivity index (χ4v) is 6.55. The Morgan fingerprint density at radius 1 is 0.735 bits per heavy atom. The fraction of sp³-hybridized carbons (Fsp3) is 0.0476. The summed E-state index contributed by atoms with van der Waals surface area (Å²) in [5, 5.41) is 7.79. The van der Waals surface area contributed by atoms with Crippen LogP contribution >= 0.6 is 11.6 Å². The van der Waals surface area contributed by atoms with Crippen molar-refractivity contribution in [2.75, 3.05) is 11.1 Å². The zero-order chi connectivity index (χ0) is 33.9. The molecule has 0 fully saturated rings. The molecule has 0 saturated heterocycles. The van der Waals surface area contributed by atoms with Gasteiger partial charge in [0.15, 0.2) is 5.82 Å². The van der Waals surface area contributed by atoms with E-state index in [-0.39, 0.29) is 184 Å². The Balaban J connectivity index is 0.00000576. The number of rotatable bonds is 8. The van der Waals surface area contributed by atoms with E-state index in [2.05, 4.69) is 25.5 Å². The van der Waals surface area contributed by atoms with Crippen molar-refractivity contribution < 1.29 is 218 Å². The summed E-state index contributed by atoms with van der Waals surface area (Å²) in [4.78, 5) is 1.74. The normalized spacial score (nSPS) is 12.0. The number of nitrogens with zero attached hydrogens (tertiary/aromatic N) is 4. The first-order chi connectivity index (χ1) is 20.5. The number of aryl methyl sites for hydroxylation is 1. The molecule has 0 aliphatic rings. The molecule has 0 atom stereocenters. The Hall–Kier alpha value is 1.33. The van der Waals surface area contributed by atoms with E-state index in [0.29, 0.717) is 24.3 Å². The number of nitrogens with two attached hydrogens (primary N) is 1. The standard InChI is InChI=1S/C21H16ClFN6O12S4.2K.2Na/c1-8-19(22)20(27-21(23)25-8)26-14-6-13(24)18(45(39,40)41)7-15(14)29-28-9-2-11-12(16(3-9)43(33,34)35)4-10(42(30,31)32)5-17(11)44(36,37)38;;;;/h2-7H,24H2,1H3,(H,25,26,27)(H,30,31,32)(H,33,34,35)(H,36,37,38)(H,39,40,41);;;;/q;4*+1/p-4. The number of nitrogens with one attached hydrogen (secondary N) is 1. The van der Waals surface area contributed by atoms with Crippen molar-refractivity contribution >= 4 is 91.4 Å². The minimum atomic E-state index is -5.64. The van der Waals surface area contributed by atoms with Crippen LogP contribution < -0.4 is 173 Å². The first kappa shape index (κ1) is 50.3. The molecule has 3 N–H and O–H groups in total. The molecule has 0 unspecified atom stereocenters. The fourth-order valence-electron chi connectivity index (χ4n) is 3.80. The van der Waals surface area contributed by atoms with E-state index in [1.165, 1.54) is 6.92 Å². The molecule has 0 aliphatic heterocycles. The van der Waals surface area contributed by atoms with Gasteiger partial charge in [-0.3, -0.25) is 0 Å². The molecule has 0 aliphatic carbocycles. The summed E-state index contributed by atoms with van der Waals surface area (Å²) in [6, 6.07) is 3.08. The monoisotopic (exact) mass is 846 g/mol. The van der Waals surface area contributed by atoms with Gasteiger partial charge in [0, 0.05) is 10.8 Å². The van der Waals surface area contributed by atoms with Gasteiger partial charge in [0.05, 0.1) is 42.3 Å². The number of hydrogen-bond donors (Lipinski definition) is 2. The first-order valence-corrected chi connectivity index (χ1v) is 17.2. The molecular formula is C21H12ClFK2N6Na2O12S4. The SMILES string of the molecule is Cc1nc(F)nc(Nc2cc(N)c(S(=O)(=O)[O-])cc2N=Nc2cc(S(=O)(=O)[O-])c3cc(S(=O)(=O)[O-])cc(S(=O)(=O)[O-])c3c2)c1Cl.[K+].[K+].[Na+].[Na+]. The number of fused-ring (bicyclic) bond motifs is 1. The predicted octanol–water partition coefficient (Wildman–Crippen LogP) is -9.90. The van der Waals surface area contributed by atoms with Gasteiger partial charge in [-0.05, 0) is 43.3 Å². The Morgan fingerprint density at radius 3 is 1.76 bits per heavy atom. The third-order valence-electron chi connectivity index (χ3n) is 5.69. The zero-order valence-corrected chi connectivity index (χ0v) is 39.9. The summed E-state index contributed by atoms with van der Waals surface area (Å²) in [5.74, 6) is -0.393. The van der Waals surface area contributed by atoms with Crippen LogP contribution in [0, 0.1) is 13.0 Å². The molecule has 4 rings (SSSR count). The minimum absolute atomic E-state index is 0. The van der Waals surface area contributed by atoms with Crippen LogP contribution in [-0.4, -0.2) is 61.9 Å². The maximum absolute atomic E-state index is 13.9. The number of anilines is 3. The molecule has 1 heterocycles. The maximum atomic E-state index is 13.9. The van der Waals surface area contributed by atoms with Crippen LogP contribution in [-0.2, 0) is 40.5 Å². The minimum Gasteiger partial charge on any atom is -0.744 e. The molecule has 18 nitrogen and oxygen atoms in total. The van der Waals surface area contributed by atoms with Crippen LogP contribution in [0.15, 0.2) is 66.2 Å². The Labute approximate surface area is 412 Å². The molecule has 240 valence electrons. The summed E-state index contributed by atoms with van der Waals surface area (Å²) in [5.41, 5.74) is 3.40. The molecule has 1 aromatic heterocycles. The average molecular weight is 847 g/mol. The second kappa shape index (κ2) is 18.8. The number of nitrogen functional groups attached to an aromatic ring is 1. The quantitative estimate of drug-likeness (QED) is 0.0547. The third kappa shape index (κ3) is 12.4. The van der Waals surface area contributed by atoms with Crippen molar-refractivity contribution in [2.45, 2.75) is 26.5 Å². The molecule has 0 spiro atoms. The van der Waals surface area contributed by atoms with E-state index in [1.54, 1.807) is 0 Å². The molecule has 0 radical (unpaired) electrons. The maximum Gasteiger partial charge on any atom is 1.00 e. The van der Waals surface area contributed by atoms with E-state index in [0.717, 1.165) is 6.07 Å². The van der Waals surface area contributed by atoms with Crippen molar-refractivity contribution in [3.05, 3.63) is 53.2 Å². The van der Waals surface area contributed by atoms with Gasteiger partial charge in [-0.2, -0.15) is 14.5 Å². The summed E-state index contributed by atoms with van der Waals surface area (Å²) in [6.07, 6.45) is -1.24. The summed E-state index contributed by atoms with van der Waals surface area (Å²) in [6.45, 7) is 1.31. The predicted molar refractivity (Wildman–Crippen MR) is 146 cm³/mol. The largest absolute Gasteiger partial charge is 1.00 e. The van der Waals surface area contributed by atoms with Crippen molar-refractivity contribution in [3.63, 3.8) is 0 Å². The van der Waals surface area contributed by atoms with E-state index < -0.39 is 99.8 Å². The van der Waals surface area contributed by atoms with Gasteiger partial charge in [-0.1, -0.05) is 11.6 Å². The summed E-state index contributed by atoms with van der Waals surface area (Å²) < 4.78 is 156. The molecular weight excluding hydrogens is 835 g/mol. The van der Waals surface area contributed by atoms with E-state index in [1.807, 2.05) is 0 Å². The van der Waals surface area contributed by atoms with Crippen LogP contribution in [0.4, 0.5) is 33.0 Å². The molecule has 0 saturated carbocycles. The van der Waals surface area contributed by atoms with Gasteiger partial charge in [0.2, 0.25) is 0 Å². The molecule has 49 heavy (non-hydrogen) atoms. The smallest absolute Gasteiger partial charge is 0.744 e. The second-order valence-corrected chi connectivity index (χ2v) is 14.6. The van der Waals surface area contributed by atoms with Gasteiger partial charge in [0.1, 0.15) is 51.2 Å². The van der Waals surface area contributed by atoms with Crippen molar-refractivity contribution in [2.24, 2.45) is 10.2 Å². The van der Waals surface area contributed by atoms with Gasteiger partial charge >= 0.3 is 168 Å². The number of azo groups is 1. The van der Waals surface area contributed by atoms with Gasteiger partial charge in [0.25, 0.3) is 0 Å². The van der Waals surface area contributed by atoms with Crippen molar-refractivity contribution in [3.8, 4) is 0 Å². The third-order valence-corrected chi connectivity index (χ3v) is 9.60. The second-order valence-electron chi connectivity index (χ2n) is 8.75. The number of aromatic nitrogens is 2. The average Bonchev–Trinajstić information content (AvgIpc) is 2.87. The zero-order valence-electron chi connectivity index (χ0n) is 25.6. The Kier molecular flexibility index (Phi) is 19.3. The van der Waals surface area contributed by atoms with Crippen LogP contribution in [0.3, 0.4) is 0 Å². The number of hydrogen-bond acceptors (Lipinski definition) is 18.